The maximum Gasteiger partial charge on any atom is 0.220 e. The number of rotatable bonds is 7. The molecule has 0 bridgehead atoms. The average Bonchev–Trinajstić information content (AvgIpc) is 2.84. The summed E-state index contributed by atoms with van der Waals surface area (Å²) < 4.78 is 25.9. The minimum absolute atomic E-state index is 0.0569. The lowest BCUT2D eigenvalue weighted by molar-refractivity contribution is -0.121. The molecule has 1 amide bonds. The monoisotopic (exact) mass is 325 g/mol. The lowest BCUT2D eigenvalue weighted by Crippen LogP contribution is -2.30. The molecular formula is C17H25F2N3O. The lowest BCUT2D eigenvalue weighted by Gasteiger charge is -2.17. The van der Waals surface area contributed by atoms with Crippen LogP contribution in [0.25, 0.3) is 0 Å². The molecule has 3 N–H and O–H groups in total. The quantitative estimate of drug-likeness (QED) is 0.674. The van der Waals surface area contributed by atoms with Gasteiger partial charge in [0.1, 0.15) is 0 Å². The first-order valence-electron chi connectivity index (χ1n) is 8.19. The van der Waals surface area contributed by atoms with Crippen molar-refractivity contribution in [1.29, 1.82) is 0 Å². The Labute approximate surface area is 136 Å². The van der Waals surface area contributed by atoms with Crippen molar-refractivity contribution >= 4 is 5.91 Å². The summed E-state index contributed by atoms with van der Waals surface area (Å²) in [6, 6.07) is 4.62. The Morgan fingerprint density at radius 3 is 2.52 bits per heavy atom. The minimum Gasteiger partial charge on any atom is -0.356 e. The maximum absolute atomic E-state index is 13.1. The van der Waals surface area contributed by atoms with E-state index in [2.05, 4.69) is 30.0 Å². The number of hydrazine groups is 1. The molecule has 1 aromatic carbocycles. The van der Waals surface area contributed by atoms with Crippen LogP contribution in [0.3, 0.4) is 0 Å². The summed E-state index contributed by atoms with van der Waals surface area (Å²) in [5, 5.41) is 2.88. The topological polar surface area (TPSA) is 53.2 Å². The molecule has 1 fully saturated rings. The van der Waals surface area contributed by atoms with Gasteiger partial charge < -0.3 is 5.32 Å². The molecule has 1 saturated heterocycles. The standard InChI is InChI=1S/C17H25F2N3O/c1-11-14(12(2)22-21-11)4-3-9-20-17(23)8-6-13-5-7-15(18)16(19)10-13/h5,7,10-12,14,21-22H,3-4,6,8-9H2,1-2H3,(H,20,23). The van der Waals surface area contributed by atoms with E-state index in [-0.39, 0.29) is 12.3 Å². The Hall–Kier alpha value is -1.53. The Balaban J connectivity index is 1.62. The van der Waals surface area contributed by atoms with Crippen molar-refractivity contribution in [3.8, 4) is 0 Å². The average molecular weight is 325 g/mol. The van der Waals surface area contributed by atoms with Gasteiger partial charge in [-0.3, -0.25) is 15.6 Å². The molecule has 1 aromatic rings. The van der Waals surface area contributed by atoms with Gasteiger partial charge in [0.2, 0.25) is 5.91 Å². The van der Waals surface area contributed by atoms with Crippen LogP contribution in [0.15, 0.2) is 18.2 Å². The Morgan fingerprint density at radius 1 is 1.17 bits per heavy atom. The van der Waals surface area contributed by atoms with Crippen LogP contribution in [-0.2, 0) is 11.2 Å². The Morgan fingerprint density at radius 2 is 1.87 bits per heavy atom. The van der Waals surface area contributed by atoms with Crippen molar-refractivity contribution in [3.63, 3.8) is 0 Å². The van der Waals surface area contributed by atoms with Crippen LogP contribution in [-0.4, -0.2) is 24.5 Å². The van der Waals surface area contributed by atoms with E-state index in [0.717, 1.165) is 25.0 Å². The van der Waals surface area contributed by atoms with Gasteiger partial charge in [0.15, 0.2) is 11.6 Å². The zero-order valence-electron chi connectivity index (χ0n) is 13.7. The molecule has 1 aliphatic rings. The highest BCUT2D eigenvalue weighted by atomic mass is 19.2. The molecule has 6 heteroatoms. The molecule has 23 heavy (non-hydrogen) atoms. The molecule has 2 atom stereocenters. The van der Waals surface area contributed by atoms with Crippen LogP contribution in [0.2, 0.25) is 0 Å². The minimum atomic E-state index is -0.870. The molecule has 2 rings (SSSR count). The summed E-state index contributed by atoms with van der Waals surface area (Å²) in [4.78, 5) is 11.8. The zero-order valence-corrected chi connectivity index (χ0v) is 13.7. The first-order valence-corrected chi connectivity index (χ1v) is 8.19. The van der Waals surface area contributed by atoms with Gasteiger partial charge in [0.25, 0.3) is 0 Å². The summed E-state index contributed by atoms with van der Waals surface area (Å²) in [6.45, 7) is 4.95. The molecule has 128 valence electrons. The van der Waals surface area contributed by atoms with E-state index in [1.807, 2.05) is 0 Å². The van der Waals surface area contributed by atoms with E-state index < -0.39 is 11.6 Å². The van der Waals surface area contributed by atoms with Gasteiger partial charge in [0, 0.05) is 25.0 Å². The second-order valence-electron chi connectivity index (χ2n) is 6.27. The summed E-state index contributed by atoms with van der Waals surface area (Å²) in [5.41, 5.74) is 7.07. The van der Waals surface area contributed by atoms with Crippen LogP contribution in [0.4, 0.5) is 8.78 Å². The fourth-order valence-corrected chi connectivity index (χ4v) is 3.02. The number of hydrogen-bond acceptors (Lipinski definition) is 3. The predicted molar refractivity (Wildman–Crippen MR) is 85.6 cm³/mol. The number of carbonyl (C=O) groups excluding carboxylic acids is 1. The number of aryl methyl sites for hydroxylation is 1. The third kappa shape index (κ3) is 5.25. The molecule has 0 saturated carbocycles. The van der Waals surface area contributed by atoms with Gasteiger partial charge in [-0.1, -0.05) is 6.07 Å². The molecule has 0 aliphatic carbocycles. The number of halogens is 2. The highest BCUT2D eigenvalue weighted by Gasteiger charge is 2.28. The Bertz CT molecular complexity index is 529. The van der Waals surface area contributed by atoms with Crippen molar-refractivity contribution in [2.75, 3.05) is 6.54 Å². The summed E-state index contributed by atoms with van der Waals surface area (Å²) in [7, 11) is 0. The summed E-state index contributed by atoms with van der Waals surface area (Å²) in [6.07, 6.45) is 2.67. The smallest absolute Gasteiger partial charge is 0.220 e. The number of carbonyl (C=O) groups is 1. The van der Waals surface area contributed by atoms with Crippen LogP contribution in [0.5, 0.6) is 0 Å². The number of hydrogen-bond donors (Lipinski definition) is 3. The fourth-order valence-electron chi connectivity index (χ4n) is 3.02. The van der Waals surface area contributed by atoms with Gasteiger partial charge in [-0.15, -0.1) is 0 Å². The van der Waals surface area contributed by atoms with Gasteiger partial charge in [-0.2, -0.15) is 0 Å². The molecule has 0 aromatic heterocycles. The van der Waals surface area contributed by atoms with E-state index in [1.54, 1.807) is 0 Å². The number of nitrogens with one attached hydrogen (secondary N) is 3. The van der Waals surface area contributed by atoms with Crippen molar-refractivity contribution in [2.24, 2.45) is 5.92 Å². The van der Waals surface area contributed by atoms with E-state index in [4.69, 9.17) is 0 Å². The highest BCUT2D eigenvalue weighted by Crippen LogP contribution is 2.19. The van der Waals surface area contributed by atoms with E-state index >= 15 is 0 Å². The largest absolute Gasteiger partial charge is 0.356 e. The molecule has 1 aliphatic heterocycles. The molecule has 1 heterocycles. The molecular weight excluding hydrogens is 300 g/mol. The van der Waals surface area contributed by atoms with Crippen LogP contribution < -0.4 is 16.2 Å². The van der Waals surface area contributed by atoms with Crippen LogP contribution in [0.1, 0.15) is 38.7 Å². The SMILES string of the molecule is CC1NNC(C)C1CCCNC(=O)CCc1ccc(F)c(F)c1. The third-order valence-electron chi connectivity index (χ3n) is 4.48. The lowest BCUT2D eigenvalue weighted by atomic mass is 9.92. The van der Waals surface area contributed by atoms with Crippen molar-refractivity contribution in [3.05, 3.63) is 35.4 Å². The number of benzene rings is 1. The molecule has 0 radical (unpaired) electrons. The predicted octanol–water partition coefficient (Wildman–Crippen LogP) is 2.29. The van der Waals surface area contributed by atoms with Crippen molar-refractivity contribution in [1.82, 2.24) is 16.2 Å². The maximum atomic E-state index is 13.1. The summed E-state index contributed by atoms with van der Waals surface area (Å²) in [5.74, 6) is -1.23. The highest BCUT2D eigenvalue weighted by molar-refractivity contribution is 5.76. The molecule has 4 nitrogen and oxygen atoms in total. The fraction of sp³-hybridized carbons (Fsp3) is 0.588. The number of amides is 1. The van der Waals surface area contributed by atoms with E-state index in [9.17, 15) is 13.6 Å². The Kier molecular flexibility index (Phi) is 6.47. The van der Waals surface area contributed by atoms with Gasteiger partial charge in [0.05, 0.1) is 0 Å². The second kappa shape index (κ2) is 8.36. The van der Waals surface area contributed by atoms with Crippen molar-refractivity contribution < 1.29 is 13.6 Å². The molecule has 0 spiro atoms. The van der Waals surface area contributed by atoms with E-state index in [0.29, 0.717) is 36.5 Å². The second-order valence-corrected chi connectivity index (χ2v) is 6.27. The van der Waals surface area contributed by atoms with E-state index in [1.165, 1.54) is 6.07 Å². The van der Waals surface area contributed by atoms with Crippen molar-refractivity contribution in [2.45, 2.75) is 51.6 Å². The zero-order chi connectivity index (χ0) is 16.8. The normalized spacial score (nSPS) is 23.9. The first kappa shape index (κ1) is 17.8. The summed E-state index contributed by atoms with van der Waals surface area (Å²) >= 11 is 0. The molecule has 2 unspecified atom stereocenters. The third-order valence-corrected chi connectivity index (χ3v) is 4.48. The van der Waals surface area contributed by atoms with Gasteiger partial charge in [-0.05, 0) is 56.7 Å². The van der Waals surface area contributed by atoms with Gasteiger partial charge >= 0.3 is 0 Å². The van der Waals surface area contributed by atoms with Crippen LogP contribution >= 0.6 is 0 Å². The van der Waals surface area contributed by atoms with Gasteiger partial charge in [-0.25, -0.2) is 8.78 Å². The van der Waals surface area contributed by atoms with Crippen LogP contribution in [0, 0.1) is 17.6 Å². The first-order chi connectivity index (χ1) is 11.0.